The fraction of sp³-hybridized carbons (Fsp3) is 0.577. The van der Waals surface area contributed by atoms with Crippen LogP contribution in [0, 0.1) is 5.92 Å². The van der Waals surface area contributed by atoms with Gasteiger partial charge in [0.15, 0.2) is 5.11 Å². The molecular weight excluding hydrogens is 430 g/mol. The van der Waals surface area contributed by atoms with Crippen molar-refractivity contribution >= 4 is 23.2 Å². The van der Waals surface area contributed by atoms with Gasteiger partial charge in [-0.05, 0) is 55.9 Å². The molecule has 178 valence electrons. The van der Waals surface area contributed by atoms with Crippen LogP contribution < -0.4 is 5.73 Å². The fourth-order valence-corrected chi connectivity index (χ4v) is 5.53. The highest BCUT2D eigenvalue weighted by Gasteiger charge is 2.39. The van der Waals surface area contributed by atoms with Crippen LogP contribution in [-0.2, 0) is 4.79 Å². The van der Waals surface area contributed by atoms with E-state index in [1.165, 1.54) is 32.1 Å². The number of nitrogens with two attached hydrogens (primary N) is 1. The topological polar surface area (TPSA) is 78.2 Å². The first-order valence-electron chi connectivity index (χ1n) is 12.6. The van der Waals surface area contributed by atoms with Crippen molar-refractivity contribution in [1.29, 1.82) is 0 Å². The summed E-state index contributed by atoms with van der Waals surface area (Å²) in [5.74, 6) is 1.58. The lowest BCUT2D eigenvalue weighted by Gasteiger charge is -2.44. The number of hydrogen-bond acceptors (Lipinski definition) is 4. The molecule has 1 aromatic heterocycles. The average molecular weight is 468 g/mol. The fourth-order valence-electron chi connectivity index (χ4n) is 5.14. The Morgan fingerprint density at radius 3 is 2.58 bits per heavy atom. The minimum atomic E-state index is -0.127. The standard InChI is InChI=1S/C26H37N5OS/c27-15-9-1-2-10-16-30-24(32)17-23(31(26(30)33)19-20-11-5-3-6-12-20)25-28-18-22(29-25)21-13-7-4-8-14-21/h4,7-8,13-14,18,20,23H,1-3,5-6,9-12,15-17,19,27H2,(H,28,29). The maximum Gasteiger partial charge on any atom is 0.231 e. The number of amides is 1. The maximum absolute atomic E-state index is 13.2. The van der Waals surface area contributed by atoms with E-state index >= 15 is 0 Å². The van der Waals surface area contributed by atoms with Gasteiger partial charge in [-0.3, -0.25) is 9.69 Å². The first-order chi connectivity index (χ1) is 16.2. The summed E-state index contributed by atoms with van der Waals surface area (Å²) in [6, 6.07) is 10.1. The minimum Gasteiger partial charge on any atom is -0.340 e. The molecule has 3 N–H and O–H groups in total. The Morgan fingerprint density at radius 2 is 1.82 bits per heavy atom. The lowest BCUT2D eigenvalue weighted by molar-refractivity contribution is -0.131. The summed E-state index contributed by atoms with van der Waals surface area (Å²) < 4.78 is 0. The largest absolute Gasteiger partial charge is 0.340 e. The number of hydrogen-bond donors (Lipinski definition) is 2. The number of carbonyl (C=O) groups is 1. The van der Waals surface area contributed by atoms with Crippen molar-refractivity contribution in [3.63, 3.8) is 0 Å². The zero-order valence-electron chi connectivity index (χ0n) is 19.5. The molecule has 0 spiro atoms. The van der Waals surface area contributed by atoms with Crippen molar-refractivity contribution in [2.45, 2.75) is 70.3 Å². The van der Waals surface area contributed by atoms with Crippen molar-refractivity contribution in [2.24, 2.45) is 11.7 Å². The van der Waals surface area contributed by atoms with Gasteiger partial charge in [0.05, 0.1) is 24.4 Å². The Hall–Kier alpha value is -2.25. The number of unbranched alkanes of at least 4 members (excludes halogenated alkanes) is 3. The number of aromatic nitrogens is 2. The van der Waals surface area contributed by atoms with Crippen LogP contribution in [0.2, 0.25) is 0 Å². The molecule has 1 unspecified atom stereocenters. The molecule has 1 saturated carbocycles. The molecule has 7 heteroatoms. The summed E-state index contributed by atoms with van der Waals surface area (Å²) in [4.78, 5) is 25.5. The van der Waals surface area contributed by atoms with E-state index in [9.17, 15) is 4.79 Å². The Morgan fingerprint density at radius 1 is 1.06 bits per heavy atom. The lowest BCUT2D eigenvalue weighted by Crippen LogP contribution is -2.55. The molecule has 1 atom stereocenters. The highest BCUT2D eigenvalue weighted by Crippen LogP contribution is 2.34. The van der Waals surface area contributed by atoms with Gasteiger partial charge >= 0.3 is 0 Å². The molecule has 0 radical (unpaired) electrons. The van der Waals surface area contributed by atoms with E-state index in [4.69, 9.17) is 22.9 Å². The lowest BCUT2D eigenvalue weighted by atomic mass is 9.88. The summed E-state index contributed by atoms with van der Waals surface area (Å²) in [5, 5.41) is 0.679. The van der Waals surface area contributed by atoms with Crippen LogP contribution in [0.3, 0.4) is 0 Å². The monoisotopic (exact) mass is 467 g/mol. The Labute approximate surface area is 202 Å². The molecule has 2 fully saturated rings. The average Bonchev–Trinajstić information content (AvgIpc) is 3.34. The number of imidazole rings is 1. The third-order valence-corrected chi connectivity index (χ3v) is 7.49. The molecule has 2 aliphatic rings. The van der Waals surface area contributed by atoms with Crippen molar-refractivity contribution in [3.8, 4) is 11.3 Å². The van der Waals surface area contributed by atoms with Gasteiger partial charge in [0.2, 0.25) is 5.91 Å². The van der Waals surface area contributed by atoms with Crippen molar-refractivity contribution in [3.05, 3.63) is 42.4 Å². The highest BCUT2D eigenvalue weighted by molar-refractivity contribution is 7.80. The van der Waals surface area contributed by atoms with E-state index in [-0.39, 0.29) is 11.9 Å². The number of rotatable bonds is 10. The number of carbonyl (C=O) groups excluding carboxylic acids is 1. The molecular formula is C26H37N5OS. The second-order valence-electron chi connectivity index (χ2n) is 9.46. The van der Waals surface area contributed by atoms with Crippen LogP contribution in [-0.4, -0.2) is 50.4 Å². The summed E-state index contributed by atoms with van der Waals surface area (Å²) >= 11 is 5.94. The molecule has 1 aliphatic heterocycles. The number of benzene rings is 1. The van der Waals surface area contributed by atoms with E-state index in [1.807, 2.05) is 29.3 Å². The van der Waals surface area contributed by atoms with Crippen LogP contribution >= 0.6 is 12.2 Å². The molecule has 1 aliphatic carbocycles. The molecule has 2 heterocycles. The van der Waals surface area contributed by atoms with E-state index in [0.717, 1.165) is 55.9 Å². The second-order valence-corrected chi connectivity index (χ2v) is 9.82. The maximum atomic E-state index is 13.2. The van der Waals surface area contributed by atoms with E-state index in [0.29, 0.717) is 24.0 Å². The number of H-pyrrole nitrogens is 1. The van der Waals surface area contributed by atoms with Crippen LogP contribution in [0.25, 0.3) is 11.3 Å². The molecule has 6 nitrogen and oxygen atoms in total. The minimum absolute atomic E-state index is 0.112. The molecule has 2 aromatic rings. The third kappa shape index (κ3) is 6.01. The third-order valence-electron chi connectivity index (χ3n) is 7.03. The van der Waals surface area contributed by atoms with Gasteiger partial charge in [0.1, 0.15) is 5.82 Å². The SMILES string of the molecule is NCCCCCCN1C(=O)CC(c2ncc(-c3ccccc3)[nH]2)N(CC2CCCCC2)C1=S. The molecule has 33 heavy (non-hydrogen) atoms. The van der Waals surface area contributed by atoms with Crippen LogP contribution in [0.15, 0.2) is 36.5 Å². The van der Waals surface area contributed by atoms with Gasteiger partial charge in [-0.2, -0.15) is 0 Å². The first-order valence-corrected chi connectivity index (χ1v) is 13.0. The van der Waals surface area contributed by atoms with Gasteiger partial charge < -0.3 is 15.6 Å². The predicted molar refractivity (Wildman–Crippen MR) is 136 cm³/mol. The van der Waals surface area contributed by atoms with Crippen molar-refractivity contribution < 1.29 is 4.79 Å². The van der Waals surface area contributed by atoms with Gasteiger partial charge in [0.25, 0.3) is 0 Å². The van der Waals surface area contributed by atoms with Gasteiger partial charge in [0, 0.05) is 13.1 Å². The normalized spacial score (nSPS) is 20.0. The van der Waals surface area contributed by atoms with Crippen molar-refractivity contribution in [2.75, 3.05) is 19.6 Å². The number of nitrogens with zero attached hydrogens (tertiary/aromatic N) is 3. The quantitative estimate of drug-likeness (QED) is 0.378. The molecule has 1 saturated heterocycles. The van der Waals surface area contributed by atoms with E-state index < -0.39 is 0 Å². The second kappa shape index (κ2) is 11.7. The number of aromatic amines is 1. The van der Waals surface area contributed by atoms with Crippen LogP contribution in [0.5, 0.6) is 0 Å². The zero-order valence-corrected chi connectivity index (χ0v) is 20.4. The first kappa shape index (κ1) is 23.9. The summed E-state index contributed by atoms with van der Waals surface area (Å²) in [5.41, 5.74) is 7.69. The van der Waals surface area contributed by atoms with Gasteiger partial charge in [-0.1, -0.05) is 62.4 Å². The van der Waals surface area contributed by atoms with E-state index in [1.54, 1.807) is 0 Å². The van der Waals surface area contributed by atoms with E-state index in [2.05, 4.69) is 22.0 Å². The van der Waals surface area contributed by atoms with Gasteiger partial charge in [-0.25, -0.2) is 4.98 Å². The van der Waals surface area contributed by atoms with Crippen LogP contribution in [0.4, 0.5) is 0 Å². The molecule has 1 aromatic carbocycles. The molecule has 1 amide bonds. The zero-order chi connectivity index (χ0) is 23.0. The Balaban J connectivity index is 1.51. The number of thiocarbonyl (C=S) groups is 1. The molecule has 4 rings (SSSR count). The predicted octanol–water partition coefficient (Wildman–Crippen LogP) is 5.04. The van der Waals surface area contributed by atoms with Crippen LogP contribution in [0.1, 0.15) is 76.1 Å². The smallest absolute Gasteiger partial charge is 0.231 e. The highest BCUT2D eigenvalue weighted by atomic mass is 32.1. The van der Waals surface area contributed by atoms with Crippen molar-refractivity contribution in [1.82, 2.24) is 19.8 Å². The van der Waals surface area contributed by atoms with Gasteiger partial charge in [-0.15, -0.1) is 0 Å². The summed E-state index contributed by atoms with van der Waals surface area (Å²) in [7, 11) is 0. The molecule has 0 bridgehead atoms. The Bertz CT molecular complexity index is 908. The summed E-state index contributed by atoms with van der Waals surface area (Å²) in [6.45, 7) is 2.33. The summed E-state index contributed by atoms with van der Waals surface area (Å²) in [6.07, 6.45) is 12.9. The Kier molecular flexibility index (Phi) is 8.51. The number of nitrogens with one attached hydrogen (secondary N) is 1.